The first-order valence-corrected chi connectivity index (χ1v) is 10.6. The summed E-state index contributed by atoms with van der Waals surface area (Å²) in [5, 5.41) is -0.623. The number of sulfone groups is 1. The standard InChI is InChI=1S/C11H17ClO5S2/c12-18(13,14)7-10-11(3-4-17-10)5-8-1-2-9(6-11)19(8,15)16/h8-10H,1-7H2. The molecule has 110 valence electrons. The number of ether oxygens (including phenoxy) is 1. The normalized spacial score (nSPS) is 44.8. The minimum Gasteiger partial charge on any atom is -0.377 e. The molecule has 19 heavy (non-hydrogen) atoms. The van der Waals surface area contributed by atoms with Gasteiger partial charge in [-0.15, -0.1) is 0 Å². The highest BCUT2D eigenvalue weighted by molar-refractivity contribution is 8.13. The fourth-order valence-corrected chi connectivity index (χ4v) is 7.77. The molecule has 3 rings (SSSR count). The number of fused-ring (bicyclic) bond motifs is 2. The first-order chi connectivity index (χ1) is 8.73. The van der Waals surface area contributed by atoms with Gasteiger partial charge in [0.05, 0.1) is 22.4 Å². The van der Waals surface area contributed by atoms with Crippen molar-refractivity contribution in [3.05, 3.63) is 0 Å². The van der Waals surface area contributed by atoms with Gasteiger partial charge in [-0.3, -0.25) is 0 Å². The van der Waals surface area contributed by atoms with Gasteiger partial charge in [0.1, 0.15) is 0 Å². The van der Waals surface area contributed by atoms with Crippen LogP contribution in [0, 0.1) is 5.41 Å². The molecule has 3 aliphatic rings. The van der Waals surface area contributed by atoms with Crippen LogP contribution in [0.4, 0.5) is 0 Å². The third-order valence-corrected chi connectivity index (χ3v) is 8.70. The molecule has 1 spiro atoms. The second kappa shape index (κ2) is 4.32. The van der Waals surface area contributed by atoms with Crippen molar-refractivity contribution in [2.75, 3.05) is 12.4 Å². The number of halogens is 1. The maximum absolute atomic E-state index is 12.1. The molecule has 3 aliphatic heterocycles. The summed E-state index contributed by atoms with van der Waals surface area (Å²) in [7, 11) is -1.29. The van der Waals surface area contributed by atoms with E-state index in [0.717, 1.165) is 6.42 Å². The van der Waals surface area contributed by atoms with Gasteiger partial charge >= 0.3 is 0 Å². The topological polar surface area (TPSA) is 77.5 Å². The summed E-state index contributed by atoms with van der Waals surface area (Å²) in [6.45, 7) is 0.497. The van der Waals surface area contributed by atoms with Crippen LogP contribution in [-0.2, 0) is 23.6 Å². The summed E-state index contributed by atoms with van der Waals surface area (Å²) in [6, 6.07) is 0. The summed E-state index contributed by atoms with van der Waals surface area (Å²) in [5.41, 5.74) is -0.306. The molecule has 3 saturated heterocycles. The molecule has 3 heterocycles. The van der Waals surface area contributed by atoms with Crippen LogP contribution in [0.5, 0.6) is 0 Å². The quantitative estimate of drug-likeness (QED) is 0.709. The fraction of sp³-hybridized carbons (Fsp3) is 1.00. The van der Waals surface area contributed by atoms with Crippen molar-refractivity contribution in [2.24, 2.45) is 5.41 Å². The van der Waals surface area contributed by atoms with Gasteiger partial charge in [0.2, 0.25) is 9.05 Å². The van der Waals surface area contributed by atoms with Crippen LogP contribution in [0.15, 0.2) is 0 Å². The van der Waals surface area contributed by atoms with Gasteiger partial charge in [-0.1, -0.05) is 0 Å². The van der Waals surface area contributed by atoms with Crippen molar-refractivity contribution in [3.8, 4) is 0 Å². The highest BCUT2D eigenvalue weighted by Crippen LogP contribution is 2.54. The van der Waals surface area contributed by atoms with E-state index in [4.69, 9.17) is 15.4 Å². The molecule has 0 radical (unpaired) electrons. The lowest BCUT2D eigenvalue weighted by molar-refractivity contribution is 0.0559. The molecule has 0 saturated carbocycles. The molecule has 0 aromatic carbocycles. The molecule has 3 fully saturated rings. The van der Waals surface area contributed by atoms with Crippen LogP contribution in [0.3, 0.4) is 0 Å². The van der Waals surface area contributed by atoms with Crippen LogP contribution in [0.1, 0.15) is 32.1 Å². The van der Waals surface area contributed by atoms with E-state index in [9.17, 15) is 16.8 Å². The SMILES string of the molecule is O=S(=O)(Cl)CC1OCCC12CC1CCC(C2)S1(=O)=O. The van der Waals surface area contributed by atoms with E-state index < -0.39 is 25.0 Å². The third-order valence-electron chi connectivity index (χ3n) is 4.96. The minimum atomic E-state index is -3.63. The molecule has 0 aliphatic carbocycles. The van der Waals surface area contributed by atoms with Crippen molar-refractivity contribution < 1.29 is 21.6 Å². The summed E-state index contributed by atoms with van der Waals surface area (Å²) in [5.74, 6) is -0.214. The summed E-state index contributed by atoms with van der Waals surface area (Å²) in [6.07, 6.45) is 2.76. The molecule has 3 unspecified atom stereocenters. The van der Waals surface area contributed by atoms with Gasteiger partial charge in [-0.2, -0.15) is 0 Å². The maximum Gasteiger partial charge on any atom is 0.235 e. The Morgan fingerprint density at radius 3 is 2.32 bits per heavy atom. The van der Waals surface area contributed by atoms with E-state index in [0.29, 0.717) is 32.3 Å². The molecule has 0 aromatic rings. The zero-order valence-electron chi connectivity index (χ0n) is 10.4. The molecule has 0 amide bonds. The fourth-order valence-electron chi connectivity index (χ4n) is 4.01. The number of hydrogen-bond donors (Lipinski definition) is 0. The summed E-state index contributed by atoms with van der Waals surface area (Å²) < 4.78 is 52.4. The largest absolute Gasteiger partial charge is 0.377 e. The van der Waals surface area contributed by atoms with Gasteiger partial charge in [0, 0.05) is 22.7 Å². The van der Waals surface area contributed by atoms with E-state index >= 15 is 0 Å². The first-order valence-electron chi connectivity index (χ1n) is 6.50. The van der Waals surface area contributed by atoms with E-state index in [1.54, 1.807) is 0 Å². The molecule has 2 bridgehead atoms. The highest BCUT2D eigenvalue weighted by atomic mass is 35.7. The van der Waals surface area contributed by atoms with Crippen LogP contribution in [-0.4, -0.2) is 45.8 Å². The average molecular weight is 329 g/mol. The zero-order valence-corrected chi connectivity index (χ0v) is 12.8. The number of rotatable bonds is 2. The first kappa shape index (κ1) is 14.1. The minimum absolute atomic E-state index is 0.214. The van der Waals surface area contributed by atoms with Crippen molar-refractivity contribution >= 4 is 29.6 Å². The lowest BCUT2D eigenvalue weighted by Crippen LogP contribution is -2.46. The van der Waals surface area contributed by atoms with E-state index in [2.05, 4.69) is 0 Å². The Morgan fingerprint density at radius 1 is 1.21 bits per heavy atom. The van der Waals surface area contributed by atoms with E-state index in [-0.39, 0.29) is 21.7 Å². The molecule has 3 atom stereocenters. The molecular weight excluding hydrogens is 312 g/mol. The van der Waals surface area contributed by atoms with Gasteiger partial charge in [0.25, 0.3) is 0 Å². The van der Waals surface area contributed by atoms with Crippen molar-refractivity contribution in [1.29, 1.82) is 0 Å². The van der Waals surface area contributed by atoms with E-state index in [1.165, 1.54) is 0 Å². The van der Waals surface area contributed by atoms with Crippen molar-refractivity contribution in [3.63, 3.8) is 0 Å². The van der Waals surface area contributed by atoms with Gasteiger partial charge in [0.15, 0.2) is 9.84 Å². The van der Waals surface area contributed by atoms with Crippen LogP contribution >= 0.6 is 10.7 Å². The predicted molar refractivity (Wildman–Crippen MR) is 71.4 cm³/mol. The van der Waals surface area contributed by atoms with E-state index in [1.807, 2.05) is 0 Å². The molecular formula is C11H17ClO5S2. The lowest BCUT2D eigenvalue weighted by Gasteiger charge is -2.40. The summed E-state index contributed by atoms with van der Waals surface area (Å²) >= 11 is 0. The molecule has 5 nitrogen and oxygen atoms in total. The van der Waals surface area contributed by atoms with Gasteiger partial charge < -0.3 is 4.74 Å². The Bertz CT molecular complexity index is 562. The Labute approximate surface area is 118 Å². The van der Waals surface area contributed by atoms with Gasteiger partial charge in [-0.05, 0) is 32.1 Å². The highest BCUT2D eigenvalue weighted by Gasteiger charge is 2.58. The maximum atomic E-state index is 12.1. The van der Waals surface area contributed by atoms with Crippen LogP contribution in [0.2, 0.25) is 0 Å². The van der Waals surface area contributed by atoms with Crippen LogP contribution < -0.4 is 0 Å². The monoisotopic (exact) mass is 328 g/mol. The Morgan fingerprint density at radius 2 is 1.79 bits per heavy atom. The smallest absolute Gasteiger partial charge is 0.235 e. The third kappa shape index (κ3) is 2.32. The molecule has 0 aromatic heterocycles. The second-order valence-electron chi connectivity index (χ2n) is 6.00. The van der Waals surface area contributed by atoms with Crippen molar-refractivity contribution in [2.45, 2.75) is 48.7 Å². The molecule has 0 N–H and O–H groups in total. The second-order valence-corrected chi connectivity index (χ2v) is 11.3. The van der Waals surface area contributed by atoms with Gasteiger partial charge in [-0.25, -0.2) is 16.8 Å². The predicted octanol–water partition coefficient (Wildman–Crippen LogP) is 1.07. The Balaban J connectivity index is 1.89. The van der Waals surface area contributed by atoms with Crippen molar-refractivity contribution in [1.82, 2.24) is 0 Å². The number of hydrogen-bond acceptors (Lipinski definition) is 5. The zero-order chi connectivity index (χ0) is 13.9. The average Bonchev–Trinajstić information content (AvgIpc) is 2.66. The Kier molecular flexibility index (Phi) is 3.21. The van der Waals surface area contributed by atoms with Crippen LogP contribution in [0.25, 0.3) is 0 Å². The lowest BCUT2D eigenvalue weighted by atomic mass is 9.74. The summed E-state index contributed by atoms with van der Waals surface area (Å²) in [4.78, 5) is 0. The molecule has 8 heteroatoms. The Hall–Kier alpha value is 0.150.